The normalized spacial score (nSPS) is 13.9. The lowest BCUT2D eigenvalue weighted by molar-refractivity contribution is 0.606. The van der Waals surface area contributed by atoms with Crippen LogP contribution in [0.1, 0.15) is 44.5 Å². The van der Waals surface area contributed by atoms with E-state index in [2.05, 4.69) is 204 Å². The van der Waals surface area contributed by atoms with E-state index in [0.717, 1.165) is 67.3 Å². The monoisotopic (exact) mass is 972 g/mol. The molecule has 3 aliphatic rings. The molecule has 0 saturated heterocycles. The van der Waals surface area contributed by atoms with E-state index in [1.54, 1.807) is 0 Å². The molecule has 0 unspecified atom stereocenters. The summed E-state index contributed by atoms with van der Waals surface area (Å²) in [6.45, 7) is 0. The first-order valence-corrected chi connectivity index (χ1v) is 25.6. The van der Waals surface area contributed by atoms with Gasteiger partial charge in [-0.3, -0.25) is 9.80 Å². The molecule has 10 aromatic carbocycles. The zero-order valence-electron chi connectivity index (χ0n) is 41.0. The summed E-state index contributed by atoms with van der Waals surface area (Å²) in [5, 5.41) is 0. The van der Waals surface area contributed by atoms with Crippen LogP contribution in [0.5, 0.6) is 0 Å². The molecule has 2 aromatic heterocycles. The molecule has 0 N–H and O–H groups in total. The molecular weight excluding hydrogens is 929 g/mol. The van der Waals surface area contributed by atoms with E-state index in [4.69, 9.17) is 29.9 Å². The molecule has 356 valence electrons. The van der Waals surface area contributed by atoms with Gasteiger partial charge < -0.3 is 0 Å². The third kappa shape index (κ3) is 6.31. The lowest BCUT2D eigenvalue weighted by Crippen LogP contribution is -2.49. The highest BCUT2D eigenvalue weighted by Gasteiger charge is 2.59. The molecule has 0 atom stereocenters. The van der Waals surface area contributed by atoms with E-state index >= 15 is 0 Å². The summed E-state index contributed by atoms with van der Waals surface area (Å²) in [5.74, 6) is 3.48. The van der Waals surface area contributed by atoms with Gasteiger partial charge in [-0.2, -0.15) is 19.9 Å². The molecule has 2 aliphatic heterocycles. The van der Waals surface area contributed by atoms with E-state index in [1.807, 2.05) is 72.8 Å². The minimum atomic E-state index is -0.802. The topological polar surface area (TPSA) is 83.8 Å². The first-order chi connectivity index (χ1) is 37.7. The fourth-order valence-electron chi connectivity index (χ4n) is 12.4. The van der Waals surface area contributed by atoms with Crippen LogP contribution in [0.15, 0.2) is 267 Å². The number of fused-ring (bicyclic) bond motifs is 14. The predicted molar refractivity (Wildman–Crippen MR) is 302 cm³/mol. The van der Waals surface area contributed by atoms with Crippen molar-refractivity contribution in [2.75, 3.05) is 9.80 Å². The Morgan fingerprint density at radius 2 is 0.395 bits per heavy atom. The Balaban J connectivity index is 0.991. The molecule has 2 spiro atoms. The summed E-state index contributed by atoms with van der Waals surface area (Å²) in [4.78, 5) is 36.1. The number of benzene rings is 10. The van der Waals surface area contributed by atoms with Crippen LogP contribution in [0.25, 0.3) is 45.6 Å². The van der Waals surface area contributed by atoms with Crippen LogP contribution in [0.3, 0.4) is 0 Å². The SMILES string of the molecule is c1ccc(-c2nc(-c3ccccc3)nc(N3c4ccccc4C4(c5ccccc53)c3ccccc3C3(c5ccccc5N(c5nc(-c6ccccc6)nc(-c6ccccc6)n5)c5ccccc53)c3ccccc34)n2)cc1. The highest BCUT2D eigenvalue weighted by Crippen LogP contribution is 2.67. The number of hydrogen-bond acceptors (Lipinski definition) is 8. The van der Waals surface area contributed by atoms with Gasteiger partial charge >= 0.3 is 0 Å². The number of para-hydroxylation sites is 4. The molecule has 0 bridgehead atoms. The Kier molecular flexibility index (Phi) is 9.84. The Labute approximate surface area is 440 Å². The van der Waals surface area contributed by atoms with Gasteiger partial charge in [-0.05, 0) is 68.8 Å². The Morgan fingerprint density at radius 3 is 0.632 bits per heavy atom. The summed E-state index contributed by atoms with van der Waals surface area (Å²) in [6.07, 6.45) is 0. The predicted octanol–water partition coefficient (Wildman–Crippen LogP) is 15.4. The van der Waals surface area contributed by atoms with Gasteiger partial charge in [0.15, 0.2) is 23.3 Å². The molecule has 15 rings (SSSR count). The number of anilines is 6. The summed E-state index contributed by atoms with van der Waals surface area (Å²) < 4.78 is 0. The van der Waals surface area contributed by atoms with E-state index < -0.39 is 10.8 Å². The van der Waals surface area contributed by atoms with E-state index in [0.29, 0.717) is 35.2 Å². The van der Waals surface area contributed by atoms with E-state index in [9.17, 15) is 0 Å². The first-order valence-electron chi connectivity index (χ1n) is 25.6. The number of nitrogens with zero attached hydrogens (tertiary/aromatic N) is 8. The second kappa shape index (κ2) is 17.2. The largest absolute Gasteiger partial charge is 0.278 e. The van der Waals surface area contributed by atoms with E-state index in [1.165, 1.54) is 22.3 Å². The van der Waals surface area contributed by atoms with Crippen molar-refractivity contribution in [1.82, 2.24) is 29.9 Å². The molecular formula is C68H44N8. The maximum Gasteiger partial charge on any atom is 0.238 e. The van der Waals surface area contributed by atoms with Crippen LogP contribution in [-0.4, -0.2) is 29.9 Å². The smallest absolute Gasteiger partial charge is 0.238 e. The van der Waals surface area contributed by atoms with Crippen molar-refractivity contribution in [3.8, 4) is 45.6 Å². The minimum absolute atomic E-state index is 0.538. The third-order valence-corrected chi connectivity index (χ3v) is 15.4. The molecule has 0 fully saturated rings. The van der Waals surface area contributed by atoms with Crippen molar-refractivity contribution in [3.63, 3.8) is 0 Å². The van der Waals surface area contributed by atoms with Crippen molar-refractivity contribution in [2.45, 2.75) is 10.8 Å². The maximum absolute atomic E-state index is 5.35. The second-order valence-electron chi connectivity index (χ2n) is 19.4. The van der Waals surface area contributed by atoms with Crippen LogP contribution in [-0.2, 0) is 10.8 Å². The lowest BCUT2D eigenvalue weighted by Gasteiger charge is -2.55. The molecule has 0 amide bonds. The van der Waals surface area contributed by atoms with Crippen LogP contribution < -0.4 is 9.80 Å². The standard InChI is InChI=1S/C68H44N8/c1-5-25-45(26-6-1)61-69-62(46-27-7-2-8-28-46)72-65(71-61)75-57-41-21-17-37-53(57)67(54-38-18-22-42-58(54)75)49-33-13-15-35-51(49)68(52-36-16-14-34-50(52)67)55-39-19-23-43-59(55)76(60-44-24-20-40-56(60)68)66-73-63(47-29-9-3-10-30-47)70-64(74-66)48-31-11-4-12-32-48/h1-44H. The summed E-state index contributed by atoms with van der Waals surface area (Å²) in [7, 11) is 0. The Bertz CT molecular complexity index is 3670. The van der Waals surface area contributed by atoms with Gasteiger partial charge in [0.2, 0.25) is 11.9 Å². The minimum Gasteiger partial charge on any atom is -0.278 e. The average molecular weight is 973 g/mol. The van der Waals surface area contributed by atoms with Gasteiger partial charge in [0.25, 0.3) is 0 Å². The van der Waals surface area contributed by atoms with Crippen molar-refractivity contribution >= 4 is 34.6 Å². The zero-order valence-corrected chi connectivity index (χ0v) is 41.0. The van der Waals surface area contributed by atoms with Gasteiger partial charge in [-0.15, -0.1) is 0 Å². The second-order valence-corrected chi connectivity index (χ2v) is 19.4. The highest BCUT2D eigenvalue weighted by molar-refractivity contribution is 5.94. The highest BCUT2D eigenvalue weighted by atomic mass is 15.3. The fourth-order valence-corrected chi connectivity index (χ4v) is 12.4. The zero-order chi connectivity index (χ0) is 50.2. The number of aromatic nitrogens is 6. The van der Waals surface area contributed by atoms with Crippen LogP contribution in [0.4, 0.5) is 34.6 Å². The van der Waals surface area contributed by atoms with Gasteiger partial charge in [-0.1, -0.05) is 243 Å². The molecule has 0 radical (unpaired) electrons. The van der Waals surface area contributed by atoms with Crippen molar-refractivity contribution in [3.05, 3.63) is 311 Å². The molecule has 76 heavy (non-hydrogen) atoms. The molecule has 1 aliphatic carbocycles. The molecule has 12 aromatic rings. The quantitative estimate of drug-likeness (QED) is 0.163. The number of hydrogen-bond donors (Lipinski definition) is 0. The molecule has 8 nitrogen and oxygen atoms in total. The summed E-state index contributed by atoms with van der Waals surface area (Å²) in [5.41, 5.74) is 15.2. The third-order valence-electron chi connectivity index (χ3n) is 15.4. The molecule has 4 heterocycles. The van der Waals surface area contributed by atoms with Crippen LogP contribution in [0, 0.1) is 0 Å². The Morgan fingerprint density at radius 1 is 0.197 bits per heavy atom. The van der Waals surface area contributed by atoms with Crippen LogP contribution in [0.2, 0.25) is 0 Å². The van der Waals surface area contributed by atoms with Crippen LogP contribution >= 0.6 is 0 Å². The fraction of sp³-hybridized carbons (Fsp3) is 0.0294. The van der Waals surface area contributed by atoms with Crippen molar-refractivity contribution in [1.29, 1.82) is 0 Å². The molecule has 0 saturated carbocycles. The van der Waals surface area contributed by atoms with Crippen molar-refractivity contribution in [2.24, 2.45) is 0 Å². The maximum atomic E-state index is 5.35. The van der Waals surface area contributed by atoms with Gasteiger partial charge in [-0.25, -0.2) is 9.97 Å². The lowest BCUT2D eigenvalue weighted by atomic mass is 9.49. The van der Waals surface area contributed by atoms with E-state index in [-0.39, 0.29) is 0 Å². The van der Waals surface area contributed by atoms with Crippen molar-refractivity contribution < 1.29 is 0 Å². The first kappa shape index (κ1) is 43.4. The average Bonchev–Trinajstić information content (AvgIpc) is 3.45. The molecule has 8 heteroatoms. The van der Waals surface area contributed by atoms with Gasteiger partial charge in [0, 0.05) is 22.3 Å². The van der Waals surface area contributed by atoms with Gasteiger partial charge in [0.1, 0.15) is 0 Å². The summed E-state index contributed by atoms with van der Waals surface area (Å²) >= 11 is 0. The Hall–Kier alpha value is -10.2. The number of rotatable bonds is 6. The summed E-state index contributed by atoms with van der Waals surface area (Å²) in [6, 6.07) is 94.3. The van der Waals surface area contributed by atoms with Gasteiger partial charge in [0.05, 0.1) is 33.6 Å².